The van der Waals surface area contributed by atoms with Crippen LogP contribution in [0, 0.1) is 18.8 Å². The molecule has 4 rings (SSSR count). The van der Waals surface area contributed by atoms with Crippen molar-refractivity contribution >= 4 is 5.91 Å². The molecule has 3 aromatic rings. The van der Waals surface area contributed by atoms with E-state index in [9.17, 15) is 4.79 Å². The highest BCUT2D eigenvalue weighted by molar-refractivity contribution is 5.94. The van der Waals surface area contributed by atoms with Crippen LogP contribution in [0.5, 0.6) is 0 Å². The number of aromatic nitrogens is 1. The van der Waals surface area contributed by atoms with Gasteiger partial charge in [-0.25, -0.2) is 0 Å². The number of hydrogen-bond donors (Lipinski definition) is 0. The summed E-state index contributed by atoms with van der Waals surface area (Å²) in [4.78, 5) is 14.8. The Hall–Kier alpha value is -3.25. The lowest BCUT2D eigenvalue weighted by molar-refractivity contribution is 0.0707. The third kappa shape index (κ3) is 3.96. The van der Waals surface area contributed by atoms with Gasteiger partial charge in [-0.2, -0.15) is 0 Å². The number of carbonyl (C=O) groups excluding carboxylic acids is 1. The molecule has 0 aliphatic carbocycles. The predicted molar refractivity (Wildman–Crippen MR) is 108 cm³/mol. The molecule has 3 nitrogen and oxygen atoms in total. The third-order valence-electron chi connectivity index (χ3n) is 4.90. The van der Waals surface area contributed by atoms with Crippen molar-refractivity contribution in [2.24, 2.45) is 0 Å². The number of hydrogen-bond acceptors (Lipinski definition) is 1. The van der Waals surface area contributed by atoms with Gasteiger partial charge < -0.3 is 9.47 Å². The van der Waals surface area contributed by atoms with E-state index in [1.54, 1.807) is 0 Å². The molecule has 1 aliphatic rings. The molecule has 3 heteroatoms. The highest BCUT2D eigenvalue weighted by Gasteiger charge is 2.24. The van der Waals surface area contributed by atoms with E-state index in [2.05, 4.69) is 43.0 Å². The second-order valence-corrected chi connectivity index (χ2v) is 6.95. The van der Waals surface area contributed by atoms with Gasteiger partial charge in [0.15, 0.2) is 0 Å². The second kappa shape index (κ2) is 7.55. The Bertz CT molecular complexity index is 1020. The number of fused-ring (bicyclic) bond motifs is 1. The van der Waals surface area contributed by atoms with Gasteiger partial charge in [0.25, 0.3) is 5.91 Å². The van der Waals surface area contributed by atoms with Gasteiger partial charge >= 0.3 is 0 Å². The Morgan fingerprint density at radius 3 is 2.56 bits per heavy atom. The van der Waals surface area contributed by atoms with E-state index in [1.165, 1.54) is 11.1 Å². The molecule has 27 heavy (non-hydrogen) atoms. The number of aryl methyl sites for hydroxylation is 1. The van der Waals surface area contributed by atoms with Gasteiger partial charge in [-0.15, -0.1) is 0 Å². The van der Waals surface area contributed by atoms with Crippen molar-refractivity contribution in [2.45, 2.75) is 19.9 Å². The summed E-state index contributed by atoms with van der Waals surface area (Å²) in [5, 5.41) is 0. The van der Waals surface area contributed by atoms with Gasteiger partial charge in [0.05, 0.1) is 0 Å². The van der Waals surface area contributed by atoms with Gasteiger partial charge in [0.2, 0.25) is 0 Å². The lowest BCUT2D eigenvalue weighted by atomic mass is 10.1. The highest BCUT2D eigenvalue weighted by Crippen LogP contribution is 2.17. The summed E-state index contributed by atoms with van der Waals surface area (Å²) in [6, 6.07) is 20.4. The van der Waals surface area contributed by atoms with Gasteiger partial charge in [-0.1, -0.05) is 54.3 Å². The number of rotatable bonds is 3. The molecule has 134 valence electrons. The molecular weight excluding hydrogens is 332 g/mol. The SMILES string of the molecule is Cc1cccc(C#Cc2cc3n(c2)CCN(CCc2ccccc2)C3=O)c1. The summed E-state index contributed by atoms with van der Waals surface area (Å²) in [6.07, 6.45) is 2.87. The van der Waals surface area contributed by atoms with Crippen molar-refractivity contribution in [1.82, 2.24) is 9.47 Å². The van der Waals surface area contributed by atoms with E-state index in [1.807, 2.05) is 52.1 Å². The molecule has 2 heterocycles. The van der Waals surface area contributed by atoms with Gasteiger partial charge in [-0.05, 0) is 42.7 Å². The number of nitrogens with zero attached hydrogens (tertiary/aromatic N) is 2. The summed E-state index contributed by atoms with van der Waals surface area (Å²) >= 11 is 0. The molecule has 0 spiro atoms. The van der Waals surface area contributed by atoms with Crippen LogP contribution in [-0.4, -0.2) is 28.5 Å². The monoisotopic (exact) mass is 354 g/mol. The highest BCUT2D eigenvalue weighted by atomic mass is 16.2. The fourth-order valence-corrected chi connectivity index (χ4v) is 3.42. The first-order valence-corrected chi connectivity index (χ1v) is 9.31. The molecule has 0 saturated carbocycles. The molecule has 0 atom stereocenters. The van der Waals surface area contributed by atoms with Crippen molar-refractivity contribution in [1.29, 1.82) is 0 Å². The lowest BCUT2D eigenvalue weighted by Gasteiger charge is -2.28. The number of benzene rings is 2. The molecule has 0 unspecified atom stereocenters. The van der Waals surface area contributed by atoms with Crippen molar-refractivity contribution in [3.8, 4) is 11.8 Å². The first-order chi connectivity index (χ1) is 13.2. The maximum atomic E-state index is 12.8. The molecule has 0 fully saturated rings. The van der Waals surface area contributed by atoms with Crippen LogP contribution in [0.15, 0.2) is 66.9 Å². The smallest absolute Gasteiger partial charge is 0.270 e. The summed E-state index contributed by atoms with van der Waals surface area (Å²) in [6.45, 7) is 4.38. The zero-order valence-corrected chi connectivity index (χ0v) is 15.5. The molecule has 1 aromatic heterocycles. The van der Waals surface area contributed by atoms with Crippen molar-refractivity contribution < 1.29 is 4.79 Å². The Morgan fingerprint density at radius 1 is 0.926 bits per heavy atom. The summed E-state index contributed by atoms with van der Waals surface area (Å²) in [7, 11) is 0. The first-order valence-electron chi connectivity index (χ1n) is 9.31. The molecule has 2 aromatic carbocycles. The number of amides is 1. The Kier molecular flexibility index (Phi) is 4.80. The van der Waals surface area contributed by atoms with Crippen LogP contribution in [0.1, 0.15) is 32.7 Å². The topological polar surface area (TPSA) is 25.2 Å². The average molecular weight is 354 g/mol. The van der Waals surface area contributed by atoms with Crippen LogP contribution < -0.4 is 0 Å². The van der Waals surface area contributed by atoms with E-state index in [4.69, 9.17) is 0 Å². The molecule has 0 saturated heterocycles. The molecular formula is C24H22N2O. The fraction of sp³-hybridized carbons (Fsp3) is 0.208. The van der Waals surface area contributed by atoms with Gasteiger partial charge in [-0.3, -0.25) is 4.79 Å². The van der Waals surface area contributed by atoms with Crippen LogP contribution in [0.25, 0.3) is 0 Å². The van der Waals surface area contributed by atoms with Crippen LogP contribution in [0.3, 0.4) is 0 Å². The zero-order valence-electron chi connectivity index (χ0n) is 15.5. The minimum atomic E-state index is 0.0980. The minimum absolute atomic E-state index is 0.0980. The lowest BCUT2D eigenvalue weighted by Crippen LogP contribution is -2.40. The summed E-state index contributed by atoms with van der Waals surface area (Å²) in [5.41, 5.74) is 5.08. The van der Waals surface area contributed by atoms with Gasteiger partial charge in [0.1, 0.15) is 5.69 Å². The van der Waals surface area contributed by atoms with E-state index in [-0.39, 0.29) is 5.91 Å². The van der Waals surface area contributed by atoms with E-state index >= 15 is 0 Å². The molecule has 1 aliphatic heterocycles. The maximum Gasteiger partial charge on any atom is 0.270 e. The van der Waals surface area contributed by atoms with Crippen LogP contribution in [0.2, 0.25) is 0 Å². The standard InChI is InChI=1S/C24H22N2O/c1-19-6-5-9-21(16-19)10-11-22-17-23-24(27)25(14-15-26(23)18-22)13-12-20-7-3-2-4-8-20/h2-9,16-18H,12-15H2,1H3. The maximum absolute atomic E-state index is 12.8. The third-order valence-corrected chi connectivity index (χ3v) is 4.90. The van der Waals surface area contributed by atoms with E-state index in [0.717, 1.165) is 42.9 Å². The number of carbonyl (C=O) groups is 1. The average Bonchev–Trinajstić information content (AvgIpc) is 3.11. The Labute approximate surface area is 160 Å². The molecule has 0 N–H and O–H groups in total. The van der Waals surface area contributed by atoms with Crippen molar-refractivity contribution in [2.75, 3.05) is 13.1 Å². The minimum Gasteiger partial charge on any atom is -0.340 e. The summed E-state index contributed by atoms with van der Waals surface area (Å²) < 4.78 is 2.03. The van der Waals surface area contributed by atoms with Crippen LogP contribution >= 0.6 is 0 Å². The normalized spacial score (nSPS) is 13.1. The van der Waals surface area contributed by atoms with E-state index < -0.39 is 0 Å². The van der Waals surface area contributed by atoms with E-state index in [0.29, 0.717) is 0 Å². The first kappa shape index (κ1) is 17.2. The summed E-state index contributed by atoms with van der Waals surface area (Å²) in [5.74, 6) is 6.49. The van der Waals surface area contributed by atoms with Crippen LogP contribution in [-0.2, 0) is 13.0 Å². The van der Waals surface area contributed by atoms with Crippen molar-refractivity contribution in [3.63, 3.8) is 0 Å². The van der Waals surface area contributed by atoms with Crippen molar-refractivity contribution in [3.05, 3.63) is 94.8 Å². The van der Waals surface area contributed by atoms with Crippen LogP contribution in [0.4, 0.5) is 0 Å². The molecule has 1 amide bonds. The fourth-order valence-electron chi connectivity index (χ4n) is 3.42. The second-order valence-electron chi connectivity index (χ2n) is 6.95. The quantitative estimate of drug-likeness (QED) is 0.655. The molecule has 0 bridgehead atoms. The Balaban J connectivity index is 1.47. The molecule has 0 radical (unpaired) electrons. The largest absolute Gasteiger partial charge is 0.340 e. The zero-order chi connectivity index (χ0) is 18.6. The predicted octanol–water partition coefficient (Wildman–Crippen LogP) is 3.89. The Morgan fingerprint density at radius 2 is 1.74 bits per heavy atom. The van der Waals surface area contributed by atoms with Gasteiger partial charge in [0, 0.05) is 37.0 Å².